The second-order valence-corrected chi connectivity index (χ2v) is 3.49. The number of allylic oxidation sites excluding steroid dienone is 5. The van der Waals surface area contributed by atoms with E-state index in [0.29, 0.717) is 0 Å². The number of nitrogens with two attached hydrogens (primary N) is 1. The SMILES string of the molecule is CC(C)(C)\C=C/C=C\C=C\N. The lowest BCUT2D eigenvalue weighted by atomic mass is 9.96. The molecule has 0 fully saturated rings. The second-order valence-electron chi connectivity index (χ2n) is 3.49. The monoisotopic (exact) mass is 151 g/mol. The van der Waals surface area contributed by atoms with Crippen LogP contribution < -0.4 is 5.73 Å². The van der Waals surface area contributed by atoms with E-state index in [2.05, 4.69) is 26.8 Å². The van der Waals surface area contributed by atoms with Gasteiger partial charge in [0.25, 0.3) is 0 Å². The molecule has 0 radical (unpaired) electrons. The van der Waals surface area contributed by atoms with Crippen LogP contribution in [0.25, 0.3) is 0 Å². The van der Waals surface area contributed by atoms with E-state index in [-0.39, 0.29) is 5.41 Å². The summed E-state index contributed by atoms with van der Waals surface area (Å²) >= 11 is 0. The molecule has 2 N–H and O–H groups in total. The molecule has 0 heterocycles. The maximum atomic E-state index is 5.14. The van der Waals surface area contributed by atoms with Gasteiger partial charge in [0.05, 0.1) is 0 Å². The zero-order valence-electron chi connectivity index (χ0n) is 7.54. The van der Waals surface area contributed by atoms with Gasteiger partial charge in [0.2, 0.25) is 0 Å². The zero-order valence-corrected chi connectivity index (χ0v) is 7.54. The first kappa shape index (κ1) is 10.0. The van der Waals surface area contributed by atoms with Crippen LogP contribution >= 0.6 is 0 Å². The van der Waals surface area contributed by atoms with Gasteiger partial charge in [0, 0.05) is 0 Å². The fourth-order valence-corrected chi connectivity index (χ4v) is 0.537. The molecule has 0 aliphatic rings. The zero-order chi connectivity index (χ0) is 8.74. The Balaban J connectivity index is 3.78. The van der Waals surface area contributed by atoms with Crippen LogP contribution in [0.1, 0.15) is 20.8 Å². The van der Waals surface area contributed by atoms with Gasteiger partial charge in [-0.25, -0.2) is 0 Å². The second kappa shape index (κ2) is 4.78. The average molecular weight is 151 g/mol. The van der Waals surface area contributed by atoms with Crippen LogP contribution in [0.15, 0.2) is 36.6 Å². The predicted molar refractivity (Wildman–Crippen MR) is 51.1 cm³/mol. The Hall–Kier alpha value is -0.980. The van der Waals surface area contributed by atoms with Gasteiger partial charge in [0.15, 0.2) is 0 Å². The summed E-state index contributed by atoms with van der Waals surface area (Å²) in [5, 5.41) is 0. The van der Waals surface area contributed by atoms with Gasteiger partial charge < -0.3 is 5.73 Å². The lowest BCUT2D eigenvalue weighted by Gasteiger charge is -2.09. The molecule has 0 spiro atoms. The average Bonchev–Trinajstić information content (AvgIpc) is 1.85. The summed E-state index contributed by atoms with van der Waals surface area (Å²) in [5.74, 6) is 0. The normalized spacial score (nSPS) is 14.1. The third kappa shape index (κ3) is 9.02. The highest BCUT2D eigenvalue weighted by atomic mass is 14.5. The molecule has 0 saturated carbocycles. The Labute approximate surface area is 69.3 Å². The molecule has 0 saturated heterocycles. The van der Waals surface area contributed by atoms with E-state index < -0.39 is 0 Å². The molecule has 11 heavy (non-hydrogen) atoms. The van der Waals surface area contributed by atoms with Gasteiger partial charge in [-0.2, -0.15) is 0 Å². The van der Waals surface area contributed by atoms with Crippen LogP contribution in [0.5, 0.6) is 0 Å². The maximum Gasteiger partial charge on any atom is -0.00624 e. The lowest BCUT2D eigenvalue weighted by Crippen LogP contribution is -1.97. The van der Waals surface area contributed by atoms with Crippen LogP contribution in [0, 0.1) is 5.41 Å². The molecule has 0 bridgehead atoms. The van der Waals surface area contributed by atoms with Gasteiger partial charge in [-0.05, 0) is 17.7 Å². The van der Waals surface area contributed by atoms with Gasteiger partial charge in [-0.15, -0.1) is 0 Å². The summed E-state index contributed by atoms with van der Waals surface area (Å²) in [4.78, 5) is 0. The minimum Gasteiger partial charge on any atom is -0.405 e. The third-order valence-corrected chi connectivity index (χ3v) is 1.04. The van der Waals surface area contributed by atoms with Crippen molar-refractivity contribution in [1.29, 1.82) is 0 Å². The minimum atomic E-state index is 0.261. The summed E-state index contributed by atoms with van der Waals surface area (Å²) in [6, 6.07) is 0. The maximum absolute atomic E-state index is 5.14. The van der Waals surface area contributed by atoms with Crippen molar-refractivity contribution in [1.82, 2.24) is 0 Å². The van der Waals surface area contributed by atoms with Crippen LogP contribution in [0.2, 0.25) is 0 Å². The molecule has 1 nitrogen and oxygen atoms in total. The van der Waals surface area contributed by atoms with E-state index in [1.54, 1.807) is 6.08 Å². The van der Waals surface area contributed by atoms with Crippen LogP contribution in [-0.2, 0) is 0 Å². The molecule has 0 aromatic rings. The fraction of sp³-hybridized carbons (Fsp3) is 0.400. The molecule has 0 aliphatic heterocycles. The number of rotatable bonds is 2. The molecule has 0 atom stereocenters. The van der Waals surface area contributed by atoms with Crippen molar-refractivity contribution >= 4 is 0 Å². The summed E-state index contributed by atoms with van der Waals surface area (Å²) in [5.41, 5.74) is 5.40. The summed E-state index contributed by atoms with van der Waals surface area (Å²) in [6.45, 7) is 6.49. The summed E-state index contributed by atoms with van der Waals surface area (Å²) < 4.78 is 0. The first-order valence-electron chi connectivity index (χ1n) is 3.79. The van der Waals surface area contributed by atoms with Gasteiger partial charge in [-0.1, -0.05) is 45.1 Å². The molecular weight excluding hydrogens is 134 g/mol. The standard InChI is InChI=1S/C10H17N/c1-10(2,3)8-6-4-5-7-9-11/h4-9H,11H2,1-3H3/b5-4-,8-6-,9-7+. The quantitative estimate of drug-likeness (QED) is 0.603. The summed E-state index contributed by atoms with van der Waals surface area (Å²) in [6.07, 6.45) is 11.4. The topological polar surface area (TPSA) is 26.0 Å². The highest BCUT2D eigenvalue weighted by molar-refractivity contribution is 5.11. The van der Waals surface area contributed by atoms with Crippen molar-refractivity contribution in [2.75, 3.05) is 0 Å². The Kier molecular flexibility index (Phi) is 4.35. The minimum absolute atomic E-state index is 0.261. The van der Waals surface area contributed by atoms with E-state index in [4.69, 9.17) is 5.73 Å². The van der Waals surface area contributed by atoms with E-state index in [1.807, 2.05) is 18.2 Å². The molecule has 1 heteroatoms. The number of hydrogen-bond acceptors (Lipinski definition) is 1. The smallest absolute Gasteiger partial charge is 0.00624 e. The van der Waals surface area contributed by atoms with E-state index in [0.717, 1.165) is 0 Å². The van der Waals surface area contributed by atoms with Crippen molar-refractivity contribution in [3.63, 3.8) is 0 Å². The van der Waals surface area contributed by atoms with E-state index in [1.165, 1.54) is 6.20 Å². The molecular formula is C10H17N. The first-order valence-corrected chi connectivity index (χ1v) is 3.79. The van der Waals surface area contributed by atoms with Crippen molar-refractivity contribution in [3.8, 4) is 0 Å². The van der Waals surface area contributed by atoms with Gasteiger partial charge >= 0.3 is 0 Å². The predicted octanol–water partition coefficient (Wildman–Crippen LogP) is 2.62. The molecule has 0 aliphatic carbocycles. The first-order chi connectivity index (χ1) is 5.06. The van der Waals surface area contributed by atoms with Crippen molar-refractivity contribution < 1.29 is 0 Å². The molecule has 0 aromatic heterocycles. The third-order valence-electron chi connectivity index (χ3n) is 1.04. The van der Waals surface area contributed by atoms with Crippen molar-refractivity contribution in [2.45, 2.75) is 20.8 Å². The Bertz CT molecular complexity index is 168. The van der Waals surface area contributed by atoms with E-state index in [9.17, 15) is 0 Å². The van der Waals surface area contributed by atoms with Gasteiger partial charge in [0.1, 0.15) is 0 Å². The summed E-state index contributed by atoms with van der Waals surface area (Å²) in [7, 11) is 0. The highest BCUT2D eigenvalue weighted by Crippen LogP contribution is 2.13. The molecule has 0 amide bonds. The molecule has 0 aromatic carbocycles. The highest BCUT2D eigenvalue weighted by Gasteiger charge is 2.01. The largest absolute Gasteiger partial charge is 0.405 e. The molecule has 0 unspecified atom stereocenters. The molecule has 0 rings (SSSR count). The van der Waals surface area contributed by atoms with Gasteiger partial charge in [-0.3, -0.25) is 0 Å². The van der Waals surface area contributed by atoms with E-state index >= 15 is 0 Å². The van der Waals surface area contributed by atoms with Crippen LogP contribution in [0.4, 0.5) is 0 Å². The molecule has 62 valence electrons. The Morgan fingerprint density at radius 3 is 1.91 bits per heavy atom. The fourth-order valence-electron chi connectivity index (χ4n) is 0.537. The Morgan fingerprint density at radius 2 is 1.45 bits per heavy atom. The lowest BCUT2D eigenvalue weighted by molar-refractivity contribution is 0.544. The van der Waals surface area contributed by atoms with Crippen LogP contribution in [0.3, 0.4) is 0 Å². The van der Waals surface area contributed by atoms with Crippen molar-refractivity contribution in [2.24, 2.45) is 11.1 Å². The number of hydrogen-bond donors (Lipinski definition) is 1. The Morgan fingerprint density at radius 1 is 0.909 bits per heavy atom. The van der Waals surface area contributed by atoms with Crippen molar-refractivity contribution in [3.05, 3.63) is 36.6 Å². The van der Waals surface area contributed by atoms with Crippen LogP contribution in [-0.4, -0.2) is 0 Å².